The first-order valence-corrected chi connectivity index (χ1v) is 8.33. The molecule has 1 aliphatic heterocycles. The molecule has 0 bridgehead atoms. The van der Waals surface area contributed by atoms with Crippen LogP contribution in [0.2, 0.25) is 0 Å². The van der Waals surface area contributed by atoms with Crippen molar-refractivity contribution in [2.75, 3.05) is 6.54 Å². The highest BCUT2D eigenvalue weighted by molar-refractivity contribution is 5.01. The number of likely N-dealkylation sites (tertiary alicyclic amines) is 1. The van der Waals surface area contributed by atoms with Crippen molar-refractivity contribution >= 4 is 0 Å². The zero-order valence-electron chi connectivity index (χ0n) is 13.1. The minimum atomic E-state index is 0.504. The van der Waals surface area contributed by atoms with Crippen LogP contribution in [0.25, 0.3) is 0 Å². The first-order valence-electron chi connectivity index (χ1n) is 8.33. The van der Waals surface area contributed by atoms with Gasteiger partial charge in [0.05, 0.1) is 19.3 Å². The van der Waals surface area contributed by atoms with Gasteiger partial charge in [-0.3, -0.25) is 9.58 Å². The van der Waals surface area contributed by atoms with Crippen LogP contribution in [0.1, 0.15) is 55.4 Å². The highest BCUT2D eigenvalue weighted by Gasteiger charge is 2.30. The van der Waals surface area contributed by atoms with Crippen LogP contribution in [0.5, 0.6) is 0 Å². The molecule has 6 heteroatoms. The van der Waals surface area contributed by atoms with Gasteiger partial charge in [0, 0.05) is 18.2 Å². The lowest BCUT2D eigenvalue weighted by molar-refractivity contribution is 0.110. The quantitative estimate of drug-likeness (QED) is 0.849. The molecule has 0 radical (unpaired) electrons. The Kier molecular flexibility index (Phi) is 3.70. The standard InChI is InChI=1S/C16H23N5O/c1-12-8-17-21(9-12)10-14-4-2-3-7-20(14)11-15-18-19-16(22-15)13-5-6-13/h8-9,13-14H,2-7,10-11H2,1H3/t14-/m1/s1. The smallest absolute Gasteiger partial charge is 0.230 e. The van der Waals surface area contributed by atoms with Crippen molar-refractivity contribution in [3.63, 3.8) is 0 Å². The summed E-state index contributed by atoms with van der Waals surface area (Å²) in [5.74, 6) is 2.14. The maximum absolute atomic E-state index is 5.83. The second kappa shape index (κ2) is 5.83. The van der Waals surface area contributed by atoms with Gasteiger partial charge in [-0.05, 0) is 44.7 Å². The Labute approximate surface area is 130 Å². The van der Waals surface area contributed by atoms with Crippen molar-refractivity contribution in [1.29, 1.82) is 0 Å². The molecule has 3 heterocycles. The van der Waals surface area contributed by atoms with Crippen LogP contribution in [0, 0.1) is 6.92 Å². The van der Waals surface area contributed by atoms with Crippen molar-refractivity contribution in [2.45, 2.75) is 64.1 Å². The molecule has 4 rings (SSSR count). The lowest BCUT2D eigenvalue weighted by atomic mass is 10.0. The Morgan fingerprint density at radius 3 is 2.91 bits per heavy atom. The van der Waals surface area contributed by atoms with Gasteiger partial charge in [-0.25, -0.2) is 0 Å². The normalized spacial score (nSPS) is 23.0. The van der Waals surface area contributed by atoms with Crippen molar-refractivity contribution in [1.82, 2.24) is 24.9 Å². The van der Waals surface area contributed by atoms with E-state index in [0.717, 1.165) is 31.4 Å². The maximum Gasteiger partial charge on any atom is 0.230 e. The van der Waals surface area contributed by atoms with Gasteiger partial charge in [0.25, 0.3) is 0 Å². The van der Waals surface area contributed by atoms with E-state index in [1.807, 2.05) is 6.20 Å². The molecule has 6 nitrogen and oxygen atoms in total. The Balaban J connectivity index is 1.42. The summed E-state index contributed by atoms with van der Waals surface area (Å²) in [5.41, 5.74) is 1.22. The lowest BCUT2D eigenvalue weighted by Gasteiger charge is -2.34. The summed E-state index contributed by atoms with van der Waals surface area (Å²) in [4.78, 5) is 2.48. The molecule has 1 atom stereocenters. The highest BCUT2D eigenvalue weighted by atomic mass is 16.4. The number of aryl methyl sites for hydroxylation is 1. The zero-order valence-corrected chi connectivity index (χ0v) is 13.1. The first kappa shape index (κ1) is 13.9. The van der Waals surface area contributed by atoms with Crippen LogP contribution < -0.4 is 0 Å². The molecule has 2 aromatic heterocycles. The Morgan fingerprint density at radius 1 is 1.23 bits per heavy atom. The molecule has 2 aromatic rings. The summed E-state index contributed by atoms with van der Waals surface area (Å²) >= 11 is 0. The van der Waals surface area contributed by atoms with Crippen LogP contribution in [0.4, 0.5) is 0 Å². The molecular weight excluding hydrogens is 278 g/mol. The van der Waals surface area contributed by atoms with Gasteiger partial charge in [-0.15, -0.1) is 10.2 Å². The van der Waals surface area contributed by atoms with Gasteiger partial charge in [0.2, 0.25) is 11.8 Å². The Hall–Kier alpha value is -1.69. The molecule has 0 aromatic carbocycles. The predicted octanol–water partition coefficient (Wildman–Crippen LogP) is 2.51. The van der Waals surface area contributed by atoms with Crippen molar-refractivity contribution < 1.29 is 4.42 Å². The van der Waals surface area contributed by atoms with E-state index in [1.54, 1.807) is 0 Å². The van der Waals surface area contributed by atoms with Crippen LogP contribution in [0.15, 0.2) is 16.8 Å². The molecule has 2 aliphatic rings. The number of piperidine rings is 1. The van der Waals surface area contributed by atoms with Crippen LogP contribution in [0.3, 0.4) is 0 Å². The third-order valence-electron chi connectivity index (χ3n) is 4.66. The average Bonchev–Trinajstić information content (AvgIpc) is 3.13. The molecule has 0 N–H and O–H groups in total. The number of rotatable bonds is 5. The molecule has 0 spiro atoms. The summed E-state index contributed by atoms with van der Waals surface area (Å²) < 4.78 is 7.88. The highest BCUT2D eigenvalue weighted by Crippen LogP contribution is 2.39. The average molecular weight is 301 g/mol. The lowest BCUT2D eigenvalue weighted by Crippen LogP contribution is -2.41. The fourth-order valence-electron chi connectivity index (χ4n) is 3.26. The number of hydrogen-bond donors (Lipinski definition) is 0. The minimum absolute atomic E-state index is 0.504. The second-order valence-electron chi connectivity index (χ2n) is 6.67. The van der Waals surface area contributed by atoms with Gasteiger partial charge in [-0.2, -0.15) is 5.10 Å². The third-order valence-corrected chi connectivity index (χ3v) is 4.66. The SMILES string of the molecule is Cc1cnn(C[C@H]2CCCCN2Cc2nnc(C3CC3)o2)c1. The summed E-state index contributed by atoms with van der Waals surface area (Å²) in [7, 11) is 0. The van der Waals surface area contributed by atoms with Crippen LogP contribution in [-0.2, 0) is 13.1 Å². The molecule has 22 heavy (non-hydrogen) atoms. The Bertz CT molecular complexity index is 630. The number of nitrogens with zero attached hydrogens (tertiary/aromatic N) is 5. The van der Waals surface area contributed by atoms with E-state index < -0.39 is 0 Å². The summed E-state index contributed by atoms with van der Waals surface area (Å²) in [6, 6.07) is 0.504. The van der Waals surface area contributed by atoms with Crippen LogP contribution >= 0.6 is 0 Å². The molecule has 0 unspecified atom stereocenters. The molecular formula is C16H23N5O. The van der Waals surface area contributed by atoms with E-state index in [1.165, 1.54) is 37.7 Å². The van der Waals surface area contributed by atoms with E-state index in [4.69, 9.17) is 4.42 Å². The van der Waals surface area contributed by atoms with Gasteiger partial charge in [0.1, 0.15) is 0 Å². The fourth-order valence-corrected chi connectivity index (χ4v) is 3.26. The Morgan fingerprint density at radius 2 is 2.14 bits per heavy atom. The summed E-state index contributed by atoms with van der Waals surface area (Å²) in [6.45, 7) is 4.90. The van der Waals surface area contributed by atoms with Crippen molar-refractivity contribution in [3.8, 4) is 0 Å². The predicted molar refractivity (Wildman–Crippen MR) is 81.3 cm³/mol. The zero-order chi connectivity index (χ0) is 14.9. The number of aromatic nitrogens is 4. The van der Waals surface area contributed by atoms with E-state index in [0.29, 0.717) is 12.0 Å². The molecule has 0 amide bonds. The van der Waals surface area contributed by atoms with Gasteiger partial charge in [0.15, 0.2) is 0 Å². The molecule has 118 valence electrons. The van der Waals surface area contributed by atoms with E-state index in [-0.39, 0.29) is 0 Å². The monoisotopic (exact) mass is 301 g/mol. The fraction of sp³-hybridized carbons (Fsp3) is 0.688. The minimum Gasteiger partial charge on any atom is -0.424 e. The van der Waals surface area contributed by atoms with Gasteiger partial charge >= 0.3 is 0 Å². The summed E-state index contributed by atoms with van der Waals surface area (Å²) in [6.07, 6.45) is 10.2. The molecule has 1 saturated heterocycles. The molecule has 1 aliphatic carbocycles. The van der Waals surface area contributed by atoms with Crippen LogP contribution in [-0.4, -0.2) is 37.5 Å². The second-order valence-corrected chi connectivity index (χ2v) is 6.67. The topological polar surface area (TPSA) is 60.0 Å². The van der Waals surface area contributed by atoms with E-state index in [9.17, 15) is 0 Å². The van der Waals surface area contributed by atoms with Gasteiger partial charge in [-0.1, -0.05) is 6.42 Å². The third kappa shape index (κ3) is 3.06. The molecule has 2 fully saturated rings. The van der Waals surface area contributed by atoms with E-state index in [2.05, 4.69) is 38.0 Å². The largest absolute Gasteiger partial charge is 0.424 e. The van der Waals surface area contributed by atoms with Gasteiger partial charge < -0.3 is 4.42 Å². The van der Waals surface area contributed by atoms with Crippen molar-refractivity contribution in [3.05, 3.63) is 29.7 Å². The number of hydrogen-bond acceptors (Lipinski definition) is 5. The summed E-state index contributed by atoms with van der Waals surface area (Å²) in [5, 5.41) is 12.9. The van der Waals surface area contributed by atoms with Crippen molar-refractivity contribution in [2.24, 2.45) is 0 Å². The maximum atomic E-state index is 5.83. The van der Waals surface area contributed by atoms with E-state index >= 15 is 0 Å². The first-order chi connectivity index (χ1) is 10.8. The molecule has 1 saturated carbocycles.